The highest BCUT2D eigenvalue weighted by Crippen LogP contribution is 2.41. The summed E-state index contributed by atoms with van der Waals surface area (Å²) in [6.45, 7) is -1.65. The van der Waals surface area contributed by atoms with Crippen molar-refractivity contribution in [2.24, 2.45) is 5.92 Å². The van der Waals surface area contributed by atoms with Gasteiger partial charge in [0.1, 0.15) is 5.69 Å². The zero-order valence-corrected chi connectivity index (χ0v) is 22.9. The molecule has 10 radical (unpaired) electrons. The van der Waals surface area contributed by atoms with Gasteiger partial charge in [-0.3, -0.25) is 9.48 Å². The Labute approximate surface area is 251 Å². The minimum atomic E-state index is -3.09. The number of imidazole rings is 1. The van der Waals surface area contributed by atoms with E-state index in [0.29, 0.717) is 11.3 Å². The fourth-order valence-corrected chi connectivity index (χ4v) is 5.24. The van der Waals surface area contributed by atoms with Crippen LogP contribution in [0.3, 0.4) is 0 Å². The van der Waals surface area contributed by atoms with E-state index in [9.17, 15) is 27.2 Å². The zero-order chi connectivity index (χ0) is 31.4. The first-order valence-electron chi connectivity index (χ1n) is 13.4. The third-order valence-corrected chi connectivity index (χ3v) is 7.73. The SMILES string of the molecule is [B]C([B])([B])C([B])([B])n1nccc1C(=O)NC(c1cn2ncc(CN3CC(F)(F)CNC3=O)cc2n1)C1CCC(F)(F)CC1. The van der Waals surface area contributed by atoms with E-state index in [4.69, 9.17) is 39.2 Å². The average Bonchev–Trinajstić information content (AvgIpc) is 3.57. The fourth-order valence-electron chi connectivity index (χ4n) is 5.24. The van der Waals surface area contributed by atoms with Crippen LogP contribution in [0, 0.1) is 5.92 Å². The first kappa shape index (κ1) is 31.1. The summed E-state index contributed by atoms with van der Waals surface area (Å²) in [5.41, 5.74) is 0.862. The van der Waals surface area contributed by atoms with Crippen LogP contribution in [0.1, 0.15) is 53.5 Å². The van der Waals surface area contributed by atoms with Gasteiger partial charge in [0.2, 0.25) is 5.92 Å². The van der Waals surface area contributed by atoms with Gasteiger partial charge in [0.05, 0.1) is 76.5 Å². The highest BCUT2D eigenvalue weighted by Gasteiger charge is 2.41. The van der Waals surface area contributed by atoms with Gasteiger partial charge in [0, 0.05) is 25.6 Å². The van der Waals surface area contributed by atoms with E-state index in [1.807, 2.05) is 0 Å². The van der Waals surface area contributed by atoms with Crippen molar-refractivity contribution in [2.75, 3.05) is 13.1 Å². The lowest BCUT2D eigenvalue weighted by molar-refractivity contribution is -0.0495. The van der Waals surface area contributed by atoms with E-state index >= 15 is 0 Å². The van der Waals surface area contributed by atoms with Gasteiger partial charge in [0.15, 0.2) is 5.65 Å². The highest BCUT2D eigenvalue weighted by molar-refractivity contribution is 6.66. The number of alkyl halides is 4. The normalized spacial score (nSPS) is 20.1. The molecule has 1 aliphatic carbocycles. The highest BCUT2D eigenvalue weighted by atomic mass is 19.3. The van der Waals surface area contributed by atoms with E-state index in [0.717, 1.165) is 9.58 Å². The van der Waals surface area contributed by atoms with Gasteiger partial charge in [-0.2, -0.15) is 10.2 Å². The minimum absolute atomic E-state index is 0.0806. The summed E-state index contributed by atoms with van der Waals surface area (Å²) in [6, 6.07) is 1.35. The van der Waals surface area contributed by atoms with Gasteiger partial charge in [-0.15, -0.1) is 5.11 Å². The van der Waals surface area contributed by atoms with Crippen molar-refractivity contribution in [1.29, 1.82) is 0 Å². The topological polar surface area (TPSA) is 109 Å². The predicted molar refractivity (Wildman–Crippen MR) is 151 cm³/mol. The van der Waals surface area contributed by atoms with Gasteiger partial charge >= 0.3 is 6.03 Å². The molecule has 1 unspecified atom stereocenters. The number of carbonyl (C=O) groups excluding carboxylic acids is 2. The average molecular weight is 586 g/mol. The predicted octanol–water partition coefficient (Wildman–Crippen LogP) is 0.909. The van der Waals surface area contributed by atoms with Crippen molar-refractivity contribution in [2.45, 2.75) is 60.6 Å². The maximum absolute atomic E-state index is 14.0. The molecule has 0 spiro atoms. The van der Waals surface area contributed by atoms with E-state index in [2.05, 4.69) is 25.8 Å². The van der Waals surface area contributed by atoms with Crippen LogP contribution in [0.5, 0.6) is 0 Å². The molecule has 2 N–H and O–H groups in total. The van der Waals surface area contributed by atoms with Crippen molar-refractivity contribution >= 4 is 56.8 Å². The second kappa shape index (κ2) is 11.0. The molecular formula is C24H23B5F4N8O2. The minimum Gasteiger partial charge on any atom is -0.342 e. The number of aromatic nitrogens is 5. The molecule has 0 bridgehead atoms. The zero-order valence-electron chi connectivity index (χ0n) is 22.9. The summed E-state index contributed by atoms with van der Waals surface area (Å²) in [7, 11) is 29.1. The quantitative estimate of drug-likeness (QED) is 0.302. The molecule has 2 fully saturated rings. The van der Waals surface area contributed by atoms with E-state index < -0.39 is 59.3 Å². The van der Waals surface area contributed by atoms with Crippen LogP contribution in [0.2, 0.25) is 5.11 Å². The number of hydrogen-bond acceptors (Lipinski definition) is 5. The number of fused-ring (bicyclic) bond motifs is 1. The van der Waals surface area contributed by atoms with Gasteiger partial charge in [-0.05, 0) is 41.8 Å². The van der Waals surface area contributed by atoms with Crippen molar-refractivity contribution in [1.82, 2.24) is 39.9 Å². The van der Waals surface area contributed by atoms with Crippen LogP contribution in [0.15, 0.2) is 30.7 Å². The molecule has 1 aliphatic heterocycles. The smallest absolute Gasteiger partial charge is 0.318 e. The number of urea groups is 1. The summed E-state index contributed by atoms with van der Waals surface area (Å²) in [4.78, 5) is 31.2. The number of rotatable bonds is 8. The van der Waals surface area contributed by atoms with Crippen molar-refractivity contribution in [3.05, 3.63) is 47.7 Å². The lowest BCUT2D eigenvalue weighted by Crippen LogP contribution is -2.56. The van der Waals surface area contributed by atoms with Gasteiger partial charge < -0.3 is 15.5 Å². The Balaban J connectivity index is 1.44. The summed E-state index contributed by atoms with van der Waals surface area (Å²) < 4.78 is 58.0. The van der Waals surface area contributed by atoms with Crippen molar-refractivity contribution < 1.29 is 27.2 Å². The largest absolute Gasteiger partial charge is 0.342 e. The molecule has 5 rings (SSSR count). The number of nitrogens with one attached hydrogen (secondary N) is 2. The van der Waals surface area contributed by atoms with E-state index in [-0.39, 0.29) is 43.6 Å². The molecule has 1 saturated heterocycles. The van der Waals surface area contributed by atoms with E-state index in [1.54, 1.807) is 6.07 Å². The Morgan fingerprint density at radius 2 is 1.81 bits per heavy atom. The van der Waals surface area contributed by atoms with E-state index in [1.165, 1.54) is 29.2 Å². The maximum Gasteiger partial charge on any atom is 0.318 e. The standard InChI is InChI=1S/C24H23B5F4N8O2/c25-23(26,27)24(28,29)41-16(3-6-35-41)19(42)38-18(14-1-4-21(30,31)5-2-14)15-10-40-17(37-15)7-13(8-36-40)9-39-12-22(32,33)11-34-20(39)43/h3,6-8,10,14,18H,1-2,4-5,9,11-12H2,(H,34,43)(H,38,42). The van der Waals surface area contributed by atoms with Crippen LogP contribution >= 0.6 is 0 Å². The Hall–Kier alpha value is -3.39. The first-order chi connectivity index (χ1) is 20.0. The molecule has 1 atom stereocenters. The first-order valence-corrected chi connectivity index (χ1v) is 13.4. The second-order valence-electron chi connectivity index (χ2n) is 11.2. The molecule has 19 heteroatoms. The van der Waals surface area contributed by atoms with Crippen LogP contribution in [-0.2, 0) is 11.9 Å². The Bertz CT molecular complexity index is 1520. The molecule has 3 aromatic rings. The monoisotopic (exact) mass is 586 g/mol. The van der Waals surface area contributed by atoms with Crippen LogP contribution in [0.4, 0.5) is 22.4 Å². The Kier molecular flexibility index (Phi) is 7.91. The third-order valence-electron chi connectivity index (χ3n) is 7.73. The third kappa shape index (κ3) is 6.45. The molecule has 2 aliphatic rings. The molecule has 4 heterocycles. The van der Waals surface area contributed by atoms with Gasteiger partial charge in [0.25, 0.3) is 11.8 Å². The summed E-state index contributed by atoms with van der Waals surface area (Å²) in [5, 5.41) is 8.83. The lowest BCUT2D eigenvalue weighted by atomic mass is 9.26. The second-order valence-corrected chi connectivity index (χ2v) is 11.2. The van der Waals surface area contributed by atoms with Crippen LogP contribution < -0.4 is 10.6 Å². The molecule has 10 nitrogen and oxygen atoms in total. The van der Waals surface area contributed by atoms with Crippen LogP contribution in [-0.4, -0.2) is 105 Å². The Morgan fingerprint density at radius 1 is 1.12 bits per heavy atom. The maximum atomic E-state index is 14.0. The molecule has 0 aromatic carbocycles. The van der Waals surface area contributed by atoms with Gasteiger partial charge in [-0.25, -0.2) is 31.9 Å². The molecular weight excluding hydrogens is 562 g/mol. The molecule has 214 valence electrons. The number of halogens is 4. The van der Waals surface area contributed by atoms with Crippen molar-refractivity contribution in [3.63, 3.8) is 0 Å². The molecule has 43 heavy (non-hydrogen) atoms. The van der Waals surface area contributed by atoms with Crippen molar-refractivity contribution in [3.8, 4) is 0 Å². The number of nitrogens with zero attached hydrogens (tertiary/aromatic N) is 6. The summed E-state index contributed by atoms with van der Waals surface area (Å²) >= 11 is 0. The fraction of sp³-hybridized carbons (Fsp3) is 0.542. The number of hydrogen-bond donors (Lipinski definition) is 2. The summed E-state index contributed by atoms with van der Waals surface area (Å²) in [6.07, 6.45) is 3.55. The molecule has 3 aromatic heterocycles. The lowest BCUT2D eigenvalue weighted by Gasteiger charge is -2.43. The summed E-state index contributed by atoms with van der Waals surface area (Å²) in [5.74, 6) is -7.09. The molecule has 1 saturated carbocycles. The Morgan fingerprint density at radius 3 is 2.49 bits per heavy atom. The number of amides is 3. The molecule has 3 amide bonds. The van der Waals surface area contributed by atoms with Crippen LogP contribution in [0.25, 0.3) is 5.65 Å². The number of carbonyl (C=O) groups is 2. The van der Waals surface area contributed by atoms with Gasteiger partial charge in [-0.1, -0.05) is 0 Å².